The van der Waals surface area contributed by atoms with Gasteiger partial charge in [-0.1, -0.05) is 43.4 Å². The molecule has 0 bridgehead atoms. The zero-order valence-electron chi connectivity index (χ0n) is 19.4. The van der Waals surface area contributed by atoms with Gasteiger partial charge >= 0.3 is 0 Å². The van der Waals surface area contributed by atoms with Crippen LogP contribution in [0.25, 0.3) is 0 Å². The van der Waals surface area contributed by atoms with Crippen LogP contribution in [0.5, 0.6) is 5.75 Å². The minimum absolute atomic E-state index is 0. The minimum atomic E-state index is -0.625. The summed E-state index contributed by atoms with van der Waals surface area (Å²) in [5, 5.41) is 12.3. The van der Waals surface area contributed by atoms with Crippen molar-refractivity contribution in [2.24, 2.45) is 0 Å². The predicted octanol–water partition coefficient (Wildman–Crippen LogP) is 5.92. The Bertz CT molecular complexity index is 686. The average Bonchev–Trinajstić information content (AvgIpc) is 2.79. The lowest BCUT2D eigenvalue weighted by molar-refractivity contribution is -0.0343. The van der Waals surface area contributed by atoms with Crippen LogP contribution in [0, 0.1) is 0 Å². The normalized spacial score (nSPS) is 23.6. The molecular formula is C25H41Cl3N2O2. The van der Waals surface area contributed by atoms with E-state index in [4.69, 9.17) is 16.3 Å². The number of benzene rings is 1. The molecule has 0 radical (unpaired) electrons. The lowest BCUT2D eigenvalue weighted by Gasteiger charge is -2.45. The molecule has 1 atom stereocenters. The Labute approximate surface area is 211 Å². The molecule has 1 unspecified atom stereocenters. The van der Waals surface area contributed by atoms with Gasteiger partial charge in [0.2, 0.25) is 0 Å². The Kier molecular flexibility index (Phi) is 11.4. The molecule has 1 aliphatic carbocycles. The summed E-state index contributed by atoms with van der Waals surface area (Å²) >= 11 is 6.48. The molecule has 7 heteroatoms. The number of piperidine rings is 2. The summed E-state index contributed by atoms with van der Waals surface area (Å²) in [6.07, 6.45) is 11.9. The van der Waals surface area contributed by atoms with Gasteiger partial charge in [-0.2, -0.15) is 0 Å². The first kappa shape index (κ1) is 28.0. The largest absolute Gasteiger partial charge is 0.495 e. The Balaban J connectivity index is 0.00000181. The Morgan fingerprint density at radius 3 is 2.22 bits per heavy atom. The first-order chi connectivity index (χ1) is 14.6. The maximum absolute atomic E-state index is 11.7. The van der Waals surface area contributed by atoms with Crippen molar-refractivity contribution in [3.8, 4) is 5.75 Å². The molecule has 2 heterocycles. The molecule has 0 aromatic heterocycles. The SMILES string of the molecule is COc1ccc(C(CN2CCC(N3CCCCC3)CC2)C2(O)CCCCC2)cc1Cl.Cl.Cl. The Morgan fingerprint density at radius 1 is 1.00 bits per heavy atom. The van der Waals surface area contributed by atoms with E-state index in [1.165, 1.54) is 51.6 Å². The second-order valence-electron chi connectivity index (χ2n) is 9.74. The fraction of sp³-hybridized carbons (Fsp3) is 0.760. The first-order valence-electron chi connectivity index (χ1n) is 12.1. The first-order valence-corrected chi connectivity index (χ1v) is 12.5. The molecule has 184 valence electrons. The van der Waals surface area contributed by atoms with Gasteiger partial charge < -0.3 is 19.6 Å². The molecule has 4 rings (SSSR count). The van der Waals surface area contributed by atoms with Crippen LogP contribution in [0.2, 0.25) is 5.02 Å². The molecule has 1 aromatic carbocycles. The van der Waals surface area contributed by atoms with Crippen molar-refractivity contribution in [1.29, 1.82) is 0 Å². The highest BCUT2D eigenvalue weighted by Crippen LogP contribution is 2.42. The van der Waals surface area contributed by atoms with E-state index in [1.807, 2.05) is 12.1 Å². The maximum atomic E-state index is 11.7. The molecule has 3 aliphatic rings. The number of ether oxygens (including phenoxy) is 1. The average molecular weight is 508 g/mol. The van der Waals surface area contributed by atoms with E-state index >= 15 is 0 Å². The zero-order valence-corrected chi connectivity index (χ0v) is 21.8. The summed E-state index contributed by atoms with van der Waals surface area (Å²) in [6.45, 7) is 5.77. The van der Waals surface area contributed by atoms with E-state index < -0.39 is 5.60 Å². The monoisotopic (exact) mass is 506 g/mol. The van der Waals surface area contributed by atoms with Crippen LogP contribution in [0.4, 0.5) is 0 Å². The second kappa shape index (κ2) is 13.0. The third-order valence-electron chi connectivity index (χ3n) is 7.85. The number of halogens is 3. The number of hydrogen-bond donors (Lipinski definition) is 1. The van der Waals surface area contributed by atoms with Crippen molar-refractivity contribution in [2.45, 2.75) is 81.8 Å². The fourth-order valence-electron chi connectivity index (χ4n) is 6.01. The highest BCUT2D eigenvalue weighted by atomic mass is 35.5. The number of hydrogen-bond acceptors (Lipinski definition) is 4. The minimum Gasteiger partial charge on any atom is -0.495 e. The third kappa shape index (κ3) is 6.67. The van der Waals surface area contributed by atoms with E-state index in [2.05, 4.69) is 15.9 Å². The summed E-state index contributed by atoms with van der Waals surface area (Å²) in [5.74, 6) is 0.810. The van der Waals surface area contributed by atoms with Gasteiger partial charge in [-0.3, -0.25) is 0 Å². The van der Waals surface area contributed by atoms with E-state index in [0.717, 1.165) is 56.9 Å². The summed E-state index contributed by atoms with van der Waals surface area (Å²) < 4.78 is 5.36. The predicted molar refractivity (Wildman–Crippen MR) is 138 cm³/mol. The number of methoxy groups -OCH3 is 1. The van der Waals surface area contributed by atoms with Crippen molar-refractivity contribution in [3.63, 3.8) is 0 Å². The molecule has 3 fully saturated rings. The summed E-state index contributed by atoms with van der Waals surface area (Å²) in [4.78, 5) is 5.33. The van der Waals surface area contributed by atoms with E-state index in [9.17, 15) is 5.11 Å². The van der Waals surface area contributed by atoms with Crippen molar-refractivity contribution in [1.82, 2.24) is 9.80 Å². The van der Waals surface area contributed by atoms with Gasteiger partial charge in [0, 0.05) is 18.5 Å². The van der Waals surface area contributed by atoms with Gasteiger partial charge in [-0.15, -0.1) is 24.8 Å². The molecule has 1 aromatic rings. The van der Waals surface area contributed by atoms with E-state index in [-0.39, 0.29) is 30.7 Å². The highest BCUT2D eigenvalue weighted by molar-refractivity contribution is 6.32. The molecule has 2 aliphatic heterocycles. The molecule has 1 saturated carbocycles. The third-order valence-corrected chi connectivity index (χ3v) is 8.15. The molecule has 4 nitrogen and oxygen atoms in total. The molecular weight excluding hydrogens is 467 g/mol. The van der Waals surface area contributed by atoms with Gasteiger partial charge in [0.1, 0.15) is 5.75 Å². The number of aliphatic hydroxyl groups is 1. The van der Waals surface area contributed by atoms with Crippen LogP contribution in [0.1, 0.15) is 75.7 Å². The fourth-order valence-corrected chi connectivity index (χ4v) is 6.27. The van der Waals surface area contributed by atoms with Crippen molar-refractivity contribution < 1.29 is 9.84 Å². The van der Waals surface area contributed by atoms with Gasteiger partial charge in [0.25, 0.3) is 0 Å². The summed E-state index contributed by atoms with van der Waals surface area (Å²) in [6, 6.07) is 6.85. The van der Waals surface area contributed by atoms with Crippen molar-refractivity contribution in [3.05, 3.63) is 28.8 Å². The van der Waals surface area contributed by atoms with Crippen LogP contribution in [-0.2, 0) is 0 Å². The summed E-state index contributed by atoms with van der Waals surface area (Å²) in [5.41, 5.74) is 0.531. The number of nitrogens with zero attached hydrogens (tertiary/aromatic N) is 2. The maximum Gasteiger partial charge on any atom is 0.137 e. The van der Waals surface area contributed by atoms with Gasteiger partial charge in [-0.25, -0.2) is 0 Å². The number of rotatable bonds is 6. The van der Waals surface area contributed by atoms with Crippen molar-refractivity contribution in [2.75, 3.05) is 39.8 Å². The van der Waals surface area contributed by atoms with Crippen LogP contribution >= 0.6 is 36.4 Å². The molecule has 32 heavy (non-hydrogen) atoms. The molecule has 0 spiro atoms. The quantitative estimate of drug-likeness (QED) is 0.518. The Morgan fingerprint density at radius 2 is 1.62 bits per heavy atom. The number of likely N-dealkylation sites (tertiary alicyclic amines) is 2. The van der Waals surface area contributed by atoms with Gasteiger partial charge in [0.15, 0.2) is 0 Å². The van der Waals surface area contributed by atoms with Crippen molar-refractivity contribution >= 4 is 36.4 Å². The van der Waals surface area contributed by atoms with Crippen LogP contribution in [-0.4, -0.2) is 66.4 Å². The molecule has 1 N–H and O–H groups in total. The zero-order chi connectivity index (χ0) is 21.0. The van der Waals surface area contributed by atoms with E-state index in [1.54, 1.807) is 7.11 Å². The lowest BCUT2D eigenvalue weighted by atomic mass is 9.72. The van der Waals surface area contributed by atoms with Crippen LogP contribution in [0.3, 0.4) is 0 Å². The van der Waals surface area contributed by atoms with E-state index in [0.29, 0.717) is 10.8 Å². The highest BCUT2D eigenvalue weighted by Gasteiger charge is 2.40. The molecule has 2 saturated heterocycles. The summed E-state index contributed by atoms with van der Waals surface area (Å²) in [7, 11) is 1.65. The van der Waals surface area contributed by atoms with Gasteiger partial charge in [-0.05, 0) is 82.4 Å². The lowest BCUT2D eigenvalue weighted by Crippen LogP contribution is -2.50. The van der Waals surface area contributed by atoms with Gasteiger partial charge in [0.05, 0.1) is 17.7 Å². The molecule has 0 amide bonds. The van der Waals surface area contributed by atoms with Crippen LogP contribution in [0.15, 0.2) is 18.2 Å². The smallest absolute Gasteiger partial charge is 0.137 e. The second-order valence-corrected chi connectivity index (χ2v) is 10.1. The topological polar surface area (TPSA) is 35.9 Å². The Hall–Kier alpha value is -0.230. The van der Waals surface area contributed by atoms with Crippen LogP contribution < -0.4 is 4.74 Å². The standard InChI is InChI=1S/C25H39ClN2O2.2ClH/c1-30-24-9-8-20(18-23(24)26)22(25(29)12-4-2-5-13-25)19-27-16-10-21(11-17-27)28-14-6-3-7-15-28;;/h8-9,18,21-22,29H,2-7,10-17,19H2,1H3;2*1H.